The van der Waals surface area contributed by atoms with E-state index in [0.717, 1.165) is 62.6 Å². The van der Waals surface area contributed by atoms with Gasteiger partial charge in [-0.05, 0) is 129 Å². The summed E-state index contributed by atoms with van der Waals surface area (Å²) < 4.78 is 31.5. The van der Waals surface area contributed by atoms with Crippen LogP contribution in [0.3, 0.4) is 0 Å². The summed E-state index contributed by atoms with van der Waals surface area (Å²) in [7, 11) is 5.31. The summed E-state index contributed by atoms with van der Waals surface area (Å²) in [6, 6.07) is 3.78. The van der Waals surface area contributed by atoms with Gasteiger partial charge in [-0.25, -0.2) is 24.5 Å². The lowest BCUT2D eigenvalue weighted by atomic mass is 9.70. The molecule has 372 valence electrons. The van der Waals surface area contributed by atoms with Crippen LogP contribution in [-0.2, 0) is 39.3 Å². The fourth-order valence-corrected chi connectivity index (χ4v) is 11.2. The van der Waals surface area contributed by atoms with Crippen LogP contribution >= 0.6 is 0 Å². The SMILES string of the molecule is Cc1nc(-c2c(C)nn(C)c2COC(=O)N(C)C2CCC(C3CC[C@H](Oc4cnc(-c5onc(C)c5COC(=O)N(C)C5CCCC5)nc4C)C[C@H]3C(=O)O)C2)ccc1O[C@H]1CCC[C@H](C(=O)O)C1. The van der Waals surface area contributed by atoms with Gasteiger partial charge < -0.3 is 43.5 Å². The maximum atomic E-state index is 13.6. The number of hydrogen-bond donors (Lipinski definition) is 2. The average molecular weight is 955 g/mol. The van der Waals surface area contributed by atoms with Gasteiger partial charge in [0.25, 0.3) is 0 Å². The summed E-state index contributed by atoms with van der Waals surface area (Å²) >= 11 is 0. The van der Waals surface area contributed by atoms with Crippen molar-refractivity contribution in [2.24, 2.45) is 30.7 Å². The van der Waals surface area contributed by atoms with E-state index in [1.807, 2.05) is 26.0 Å². The Bertz CT molecular complexity index is 2520. The van der Waals surface area contributed by atoms with Crippen molar-refractivity contribution in [1.82, 2.24) is 39.7 Å². The summed E-state index contributed by atoms with van der Waals surface area (Å²) in [5.41, 5.74) is 5.22. The lowest BCUT2D eigenvalue weighted by molar-refractivity contribution is -0.147. The number of rotatable bonds is 15. The normalized spacial score (nSPS) is 23.9. The van der Waals surface area contributed by atoms with Gasteiger partial charge in [0.15, 0.2) is 11.6 Å². The number of carboxylic acid groups (broad SMARTS) is 2. The zero-order valence-electron chi connectivity index (χ0n) is 40.8. The molecule has 0 spiro atoms. The second-order valence-electron chi connectivity index (χ2n) is 19.6. The molecule has 4 saturated carbocycles. The van der Waals surface area contributed by atoms with Crippen LogP contribution in [-0.4, -0.2) is 112 Å². The molecule has 4 aromatic rings. The van der Waals surface area contributed by atoms with Gasteiger partial charge in [-0.3, -0.25) is 14.3 Å². The van der Waals surface area contributed by atoms with Crippen LogP contribution in [0.25, 0.3) is 22.8 Å². The largest absolute Gasteiger partial charge is 0.489 e. The van der Waals surface area contributed by atoms with Gasteiger partial charge >= 0.3 is 24.1 Å². The van der Waals surface area contributed by atoms with E-state index in [2.05, 4.69) is 20.2 Å². The maximum absolute atomic E-state index is 13.6. The van der Waals surface area contributed by atoms with Gasteiger partial charge in [0, 0.05) is 38.8 Å². The third kappa shape index (κ3) is 11.0. The summed E-state index contributed by atoms with van der Waals surface area (Å²) in [6.45, 7) is 7.24. The molecule has 4 aromatic heterocycles. The van der Waals surface area contributed by atoms with E-state index < -0.39 is 36.0 Å². The monoisotopic (exact) mass is 954 g/mol. The number of aliphatic carboxylic acids is 2. The average Bonchev–Trinajstić information content (AvgIpc) is 4.16. The number of carboxylic acids is 2. The van der Waals surface area contributed by atoms with Gasteiger partial charge in [-0.15, -0.1) is 0 Å². The minimum Gasteiger partial charge on any atom is -0.489 e. The predicted molar refractivity (Wildman–Crippen MR) is 249 cm³/mol. The molecule has 8 rings (SSSR count). The minimum atomic E-state index is -0.858. The third-order valence-corrected chi connectivity index (χ3v) is 15.2. The third-order valence-electron chi connectivity index (χ3n) is 15.2. The van der Waals surface area contributed by atoms with Crippen molar-refractivity contribution >= 4 is 24.1 Å². The zero-order chi connectivity index (χ0) is 49.1. The summed E-state index contributed by atoms with van der Waals surface area (Å²) in [5.74, 6) is -0.989. The highest BCUT2D eigenvalue weighted by atomic mass is 16.6. The minimum absolute atomic E-state index is 0.0296. The Kier molecular flexibility index (Phi) is 15.1. The van der Waals surface area contributed by atoms with Gasteiger partial charge in [0.05, 0.1) is 70.0 Å². The van der Waals surface area contributed by atoms with Crippen LogP contribution < -0.4 is 9.47 Å². The van der Waals surface area contributed by atoms with Gasteiger partial charge in [0.2, 0.25) is 5.76 Å². The van der Waals surface area contributed by atoms with E-state index in [9.17, 15) is 29.4 Å². The first kappa shape index (κ1) is 49.2. The van der Waals surface area contributed by atoms with Gasteiger partial charge in [-0.2, -0.15) is 5.10 Å². The van der Waals surface area contributed by atoms with E-state index in [4.69, 9.17) is 28.5 Å². The number of hydrogen-bond acceptors (Lipinski definition) is 14. The van der Waals surface area contributed by atoms with Crippen LogP contribution in [0, 0.1) is 51.4 Å². The molecule has 7 atom stereocenters. The maximum Gasteiger partial charge on any atom is 0.410 e. The standard InChI is InChI=1S/C50H66N8O11/c1-27-39(25-65-49(63)56(5)33-12-8-9-13-33)45(69-55-27)46-51-24-43(29(3)53-46)68-36-17-18-37(38(23-36)48(61)62)31-15-16-34(21-31)57(6)50(64)66-26-41-44(30(4)54-58(41)7)40-19-20-42(28(2)52-40)67-35-14-10-11-32(22-35)47(59)60/h19-20,24,31-38H,8-18,21-23,25-26H2,1-7H3,(H,59,60)(H,61,62)/t31?,32-,34?,35-,36-,37?,38+/m0/s1. The molecular formula is C50H66N8O11. The molecule has 0 bridgehead atoms. The zero-order valence-corrected chi connectivity index (χ0v) is 40.8. The summed E-state index contributed by atoms with van der Waals surface area (Å²) in [6.07, 6.45) is 10.9. The number of ether oxygens (including phenoxy) is 4. The molecule has 19 heteroatoms. The molecule has 2 N–H and O–H groups in total. The van der Waals surface area contributed by atoms with Crippen molar-refractivity contribution in [2.75, 3.05) is 14.1 Å². The Morgan fingerprint density at radius 2 is 1.42 bits per heavy atom. The van der Waals surface area contributed by atoms with Crippen molar-refractivity contribution in [3.05, 3.63) is 52.4 Å². The first-order valence-corrected chi connectivity index (χ1v) is 24.4. The highest BCUT2D eigenvalue weighted by molar-refractivity contribution is 5.72. The van der Waals surface area contributed by atoms with Crippen LogP contribution in [0.15, 0.2) is 22.9 Å². The topological polar surface area (TPSA) is 235 Å². The van der Waals surface area contributed by atoms with Crippen LogP contribution in [0.4, 0.5) is 9.59 Å². The van der Waals surface area contributed by atoms with E-state index in [1.165, 1.54) is 0 Å². The number of aryl methyl sites for hydroxylation is 5. The van der Waals surface area contributed by atoms with Crippen molar-refractivity contribution < 1.29 is 52.9 Å². The van der Waals surface area contributed by atoms with Crippen molar-refractivity contribution in [3.63, 3.8) is 0 Å². The van der Waals surface area contributed by atoms with E-state index >= 15 is 0 Å². The Hall–Kier alpha value is -6.27. The molecule has 0 aliphatic heterocycles. The Morgan fingerprint density at radius 3 is 2.13 bits per heavy atom. The first-order chi connectivity index (χ1) is 33.1. The van der Waals surface area contributed by atoms with E-state index in [1.54, 1.807) is 55.7 Å². The number of nitrogens with zero attached hydrogens (tertiary/aromatic N) is 8. The van der Waals surface area contributed by atoms with Crippen molar-refractivity contribution in [2.45, 2.75) is 155 Å². The molecule has 4 fully saturated rings. The van der Waals surface area contributed by atoms with Crippen LogP contribution in [0.5, 0.6) is 11.5 Å². The highest BCUT2D eigenvalue weighted by Gasteiger charge is 2.44. The summed E-state index contributed by atoms with van der Waals surface area (Å²) in [5, 5.41) is 28.7. The first-order valence-electron chi connectivity index (χ1n) is 24.4. The predicted octanol–water partition coefficient (Wildman–Crippen LogP) is 8.38. The molecule has 0 radical (unpaired) electrons. The number of aromatic nitrogens is 6. The van der Waals surface area contributed by atoms with Crippen molar-refractivity contribution in [3.8, 4) is 34.3 Å². The molecule has 0 saturated heterocycles. The molecule has 69 heavy (non-hydrogen) atoms. The van der Waals surface area contributed by atoms with Crippen LogP contribution in [0.1, 0.15) is 124 Å². The lowest BCUT2D eigenvalue weighted by Crippen LogP contribution is -2.40. The van der Waals surface area contributed by atoms with Gasteiger partial charge in [-0.1, -0.05) is 18.0 Å². The molecule has 4 aliphatic carbocycles. The second-order valence-corrected chi connectivity index (χ2v) is 19.6. The number of carbonyl (C=O) groups excluding carboxylic acids is 2. The molecule has 2 amide bonds. The molecule has 19 nitrogen and oxygen atoms in total. The Labute approximate surface area is 402 Å². The fourth-order valence-electron chi connectivity index (χ4n) is 11.2. The molecule has 0 aromatic carbocycles. The quantitative estimate of drug-likeness (QED) is 0.114. The molecule has 3 unspecified atom stereocenters. The Balaban J connectivity index is 0.837. The summed E-state index contributed by atoms with van der Waals surface area (Å²) in [4.78, 5) is 68.2. The molecule has 4 aliphatic rings. The van der Waals surface area contributed by atoms with E-state index in [0.29, 0.717) is 89.8 Å². The fraction of sp³-hybridized carbons (Fsp3) is 0.620. The van der Waals surface area contributed by atoms with Crippen molar-refractivity contribution in [1.29, 1.82) is 0 Å². The number of amides is 2. The molecule has 4 heterocycles. The smallest absolute Gasteiger partial charge is 0.410 e. The van der Waals surface area contributed by atoms with Gasteiger partial charge in [0.1, 0.15) is 19.0 Å². The molecular weight excluding hydrogens is 889 g/mol. The number of pyridine rings is 1. The second kappa shape index (κ2) is 21.2. The Morgan fingerprint density at radius 1 is 0.725 bits per heavy atom. The van der Waals surface area contributed by atoms with E-state index in [-0.39, 0.29) is 55.2 Å². The highest BCUT2D eigenvalue weighted by Crippen LogP contribution is 2.45. The lowest BCUT2D eigenvalue weighted by Gasteiger charge is -2.37. The van der Waals surface area contributed by atoms with Crippen LogP contribution in [0.2, 0.25) is 0 Å². The number of carbonyl (C=O) groups is 4.